The van der Waals surface area contributed by atoms with E-state index in [1.165, 1.54) is 5.39 Å². The summed E-state index contributed by atoms with van der Waals surface area (Å²) in [5.74, 6) is 0.640. The van der Waals surface area contributed by atoms with Gasteiger partial charge in [0.2, 0.25) is 0 Å². The van der Waals surface area contributed by atoms with Crippen LogP contribution in [0.3, 0.4) is 0 Å². The van der Waals surface area contributed by atoms with Crippen LogP contribution in [0.1, 0.15) is 0 Å². The lowest BCUT2D eigenvalue weighted by Crippen LogP contribution is -1.96. The fourth-order valence-corrected chi connectivity index (χ4v) is 2.27. The van der Waals surface area contributed by atoms with Crippen LogP contribution in [0.25, 0.3) is 10.8 Å². The Balaban J connectivity index is 2.05. The highest BCUT2D eigenvalue weighted by Crippen LogP contribution is 2.26. The zero-order chi connectivity index (χ0) is 13.2. The molecule has 0 unspecified atom stereocenters. The Morgan fingerprint density at radius 1 is 1.00 bits per heavy atom. The van der Waals surface area contributed by atoms with Gasteiger partial charge in [-0.2, -0.15) is 0 Å². The van der Waals surface area contributed by atoms with Crippen molar-refractivity contribution in [3.05, 3.63) is 59.8 Å². The highest BCUT2D eigenvalue weighted by Gasteiger charge is 2.03. The van der Waals surface area contributed by atoms with E-state index in [1.54, 1.807) is 12.1 Å². The maximum atomic E-state index is 5.90. The molecule has 1 aromatic heterocycles. The number of halogens is 1. The maximum Gasteiger partial charge on any atom is 0.134 e. The van der Waals surface area contributed by atoms with Crippen LogP contribution in [0, 0.1) is 0 Å². The van der Waals surface area contributed by atoms with Crippen molar-refractivity contribution >= 4 is 39.6 Å². The van der Waals surface area contributed by atoms with E-state index in [0.717, 1.165) is 11.1 Å². The SMILES string of the molecule is Nc1cc(Cl)nc(Nc2cccc3ccccc23)c1. The first-order valence-electron chi connectivity index (χ1n) is 5.90. The largest absolute Gasteiger partial charge is 0.399 e. The molecule has 0 radical (unpaired) electrons. The van der Waals surface area contributed by atoms with Gasteiger partial charge in [-0.3, -0.25) is 0 Å². The Morgan fingerprint density at radius 2 is 1.79 bits per heavy atom. The highest BCUT2D eigenvalue weighted by atomic mass is 35.5. The summed E-state index contributed by atoms with van der Waals surface area (Å²) < 4.78 is 0. The van der Waals surface area contributed by atoms with Gasteiger partial charge in [0.1, 0.15) is 11.0 Å². The molecule has 94 valence electrons. The molecule has 0 bridgehead atoms. The van der Waals surface area contributed by atoms with E-state index < -0.39 is 0 Å². The van der Waals surface area contributed by atoms with Crippen molar-refractivity contribution in [1.82, 2.24) is 4.98 Å². The van der Waals surface area contributed by atoms with Crippen molar-refractivity contribution in [3.8, 4) is 0 Å². The zero-order valence-electron chi connectivity index (χ0n) is 10.1. The molecule has 0 atom stereocenters. The van der Waals surface area contributed by atoms with Crippen LogP contribution in [-0.2, 0) is 0 Å². The van der Waals surface area contributed by atoms with E-state index in [1.807, 2.05) is 24.3 Å². The highest BCUT2D eigenvalue weighted by molar-refractivity contribution is 6.29. The first-order valence-corrected chi connectivity index (χ1v) is 6.28. The molecule has 0 amide bonds. The summed E-state index contributed by atoms with van der Waals surface area (Å²) in [6, 6.07) is 17.6. The third kappa shape index (κ3) is 2.46. The van der Waals surface area contributed by atoms with Gasteiger partial charge in [-0.1, -0.05) is 48.0 Å². The van der Waals surface area contributed by atoms with Gasteiger partial charge in [-0.05, 0) is 17.5 Å². The Hall–Kier alpha value is -2.26. The van der Waals surface area contributed by atoms with Gasteiger partial charge in [0, 0.05) is 22.8 Å². The number of nitrogen functional groups attached to an aromatic ring is 1. The fourth-order valence-electron chi connectivity index (χ4n) is 2.05. The van der Waals surface area contributed by atoms with Gasteiger partial charge in [-0.15, -0.1) is 0 Å². The van der Waals surface area contributed by atoms with Gasteiger partial charge >= 0.3 is 0 Å². The van der Waals surface area contributed by atoms with Crippen LogP contribution >= 0.6 is 11.6 Å². The Labute approximate surface area is 116 Å². The zero-order valence-corrected chi connectivity index (χ0v) is 10.9. The quantitative estimate of drug-likeness (QED) is 0.685. The summed E-state index contributed by atoms with van der Waals surface area (Å²) in [7, 11) is 0. The average Bonchev–Trinajstić information content (AvgIpc) is 2.38. The lowest BCUT2D eigenvalue weighted by Gasteiger charge is -2.10. The number of rotatable bonds is 2. The molecule has 0 fully saturated rings. The van der Waals surface area contributed by atoms with E-state index in [9.17, 15) is 0 Å². The second-order valence-corrected chi connectivity index (χ2v) is 4.65. The summed E-state index contributed by atoms with van der Waals surface area (Å²) >= 11 is 5.90. The number of benzene rings is 2. The second kappa shape index (κ2) is 4.78. The number of hydrogen-bond acceptors (Lipinski definition) is 3. The predicted molar refractivity (Wildman–Crippen MR) is 80.9 cm³/mol. The standard InChI is InChI=1S/C15H12ClN3/c16-14-8-11(17)9-15(19-14)18-13-7-3-5-10-4-1-2-6-12(10)13/h1-9H,(H3,17,18,19). The molecule has 0 aliphatic carbocycles. The summed E-state index contributed by atoms with van der Waals surface area (Å²) in [6.45, 7) is 0. The first kappa shape index (κ1) is 11.8. The Kier molecular flexibility index (Phi) is 2.97. The molecule has 0 saturated carbocycles. The van der Waals surface area contributed by atoms with Gasteiger partial charge in [0.05, 0.1) is 0 Å². The molecule has 0 saturated heterocycles. The third-order valence-corrected chi connectivity index (χ3v) is 3.06. The van der Waals surface area contributed by atoms with Crippen molar-refractivity contribution in [2.75, 3.05) is 11.1 Å². The number of nitrogens with zero attached hydrogens (tertiary/aromatic N) is 1. The van der Waals surface area contributed by atoms with Crippen molar-refractivity contribution in [2.24, 2.45) is 0 Å². The summed E-state index contributed by atoms with van der Waals surface area (Å²) in [5, 5.41) is 5.93. The average molecular weight is 270 g/mol. The van der Waals surface area contributed by atoms with E-state index in [2.05, 4.69) is 28.5 Å². The van der Waals surface area contributed by atoms with Crippen molar-refractivity contribution < 1.29 is 0 Å². The molecule has 3 N–H and O–H groups in total. The Bertz CT molecular complexity index is 715. The van der Waals surface area contributed by atoms with Crippen molar-refractivity contribution in [3.63, 3.8) is 0 Å². The molecule has 0 spiro atoms. The number of hydrogen-bond donors (Lipinski definition) is 2. The van der Waals surface area contributed by atoms with Crippen LogP contribution in [0.4, 0.5) is 17.2 Å². The molecule has 2 aromatic carbocycles. The number of fused-ring (bicyclic) bond motifs is 1. The summed E-state index contributed by atoms with van der Waals surface area (Å²) in [4.78, 5) is 4.21. The molecule has 3 aromatic rings. The van der Waals surface area contributed by atoms with Crippen LogP contribution in [0.15, 0.2) is 54.6 Å². The van der Waals surface area contributed by atoms with E-state index >= 15 is 0 Å². The minimum Gasteiger partial charge on any atom is -0.399 e. The van der Waals surface area contributed by atoms with E-state index in [-0.39, 0.29) is 0 Å². The van der Waals surface area contributed by atoms with Crippen LogP contribution in [-0.4, -0.2) is 4.98 Å². The minimum atomic E-state index is 0.378. The van der Waals surface area contributed by atoms with Crippen molar-refractivity contribution in [1.29, 1.82) is 0 Å². The topological polar surface area (TPSA) is 50.9 Å². The van der Waals surface area contributed by atoms with Gasteiger partial charge in [-0.25, -0.2) is 4.98 Å². The molecule has 0 aliphatic rings. The lowest BCUT2D eigenvalue weighted by atomic mass is 10.1. The first-order chi connectivity index (χ1) is 9.22. The molecular weight excluding hydrogens is 258 g/mol. The molecule has 4 heteroatoms. The Morgan fingerprint density at radius 3 is 2.63 bits per heavy atom. The monoisotopic (exact) mass is 269 g/mol. The predicted octanol–water partition coefficient (Wildman–Crippen LogP) is 4.21. The molecule has 19 heavy (non-hydrogen) atoms. The molecule has 3 nitrogen and oxygen atoms in total. The van der Waals surface area contributed by atoms with Gasteiger partial charge < -0.3 is 11.1 Å². The van der Waals surface area contributed by atoms with Gasteiger partial charge in [0.15, 0.2) is 0 Å². The van der Waals surface area contributed by atoms with E-state index in [4.69, 9.17) is 17.3 Å². The number of anilines is 3. The number of pyridine rings is 1. The molecular formula is C15H12ClN3. The lowest BCUT2D eigenvalue weighted by molar-refractivity contribution is 1.31. The minimum absolute atomic E-state index is 0.378. The van der Waals surface area contributed by atoms with E-state index in [0.29, 0.717) is 16.7 Å². The normalized spacial score (nSPS) is 10.6. The van der Waals surface area contributed by atoms with Crippen LogP contribution in [0.5, 0.6) is 0 Å². The molecule has 1 heterocycles. The van der Waals surface area contributed by atoms with Crippen LogP contribution < -0.4 is 11.1 Å². The number of nitrogens with one attached hydrogen (secondary N) is 1. The second-order valence-electron chi connectivity index (χ2n) is 4.26. The fraction of sp³-hybridized carbons (Fsp3) is 0. The van der Waals surface area contributed by atoms with Crippen molar-refractivity contribution in [2.45, 2.75) is 0 Å². The summed E-state index contributed by atoms with van der Waals surface area (Å²) in [6.07, 6.45) is 0. The maximum absolute atomic E-state index is 5.90. The number of aromatic nitrogens is 1. The smallest absolute Gasteiger partial charge is 0.134 e. The van der Waals surface area contributed by atoms with Crippen LogP contribution in [0.2, 0.25) is 5.15 Å². The summed E-state index contributed by atoms with van der Waals surface area (Å²) in [5.41, 5.74) is 7.33. The third-order valence-electron chi connectivity index (χ3n) is 2.87. The van der Waals surface area contributed by atoms with Gasteiger partial charge in [0.25, 0.3) is 0 Å². The molecule has 3 rings (SSSR count). The number of nitrogens with two attached hydrogens (primary N) is 1. The molecule has 0 aliphatic heterocycles.